The van der Waals surface area contributed by atoms with Gasteiger partial charge < -0.3 is 9.47 Å². The summed E-state index contributed by atoms with van der Waals surface area (Å²) in [5, 5.41) is 0.819. The molecule has 4 rings (SSSR count). The minimum atomic E-state index is -0.607. The lowest BCUT2D eigenvalue weighted by atomic mass is 9.69. The van der Waals surface area contributed by atoms with E-state index in [1.54, 1.807) is 18.5 Å². The molecule has 156 valence electrons. The Morgan fingerprint density at radius 3 is 2.60 bits per heavy atom. The third-order valence-electron chi connectivity index (χ3n) is 5.62. The van der Waals surface area contributed by atoms with Crippen LogP contribution in [0.25, 0.3) is 11.0 Å². The van der Waals surface area contributed by atoms with Gasteiger partial charge in [-0.3, -0.25) is 4.79 Å². The summed E-state index contributed by atoms with van der Waals surface area (Å²) in [5.74, 6) is 0.340. The number of carbonyl (C=O) groups is 2. The molecule has 1 aromatic carbocycles. The number of ketones is 1. The van der Waals surface area contributed by atoms with Gasteiger partial charge in [0.1, 0.15) is 17.0 Å². The summed E-state index contributed by atoms with van der Waals surface area (Å²) in [4.78, 5) is 30.3. The van der Waals surface area contributed by atoms with Gasteiger partial charge in [-0.15, -0.1) is 0 Å². The molecule has 1 atom stereocenters. The van der Waals surface area contributed by atoms with Crippen molar-refractivity contribution in [2.75, 3.05) is 6.61 Å². The topological polar surface area (TPSA) is 70.4 Å². The van der Waals surface area contributed by atoms with Crippen molar-refractivity contribution in [1.82, 2.24) is 9.55 Å². The van der Waals surface area contributed by atoms with E-state index < -0.39 is 17.1 Å². The molecule has 0 saturated carbocycles. The van der Waals surface area contributed by atoms with Crippen molar-refractivity contribution in [3.8, 4) is 5.75 Å². The molecule has 3 heterocycles. The molecule has 0 bridgehead atoms. The Morgan fingerprint density at radius 1 is 1.13 bits per heavy atom. The lowest BCUT2D eigenvalue weighted by Gasteiger charge is -2.37. The molecule has 0 radical (unpaired) electrons. The third kappa shape index (κ3) is 3.36. The number of hydrogen-bond donors (Lipinski definition) is 0. The van der Waals surface area contributed by atoms with E-state index in [1.165, 1.54) is 4.57 Å². The maximum absolute atomic E-state index is 13.3. The average molecular weight is 406 g/mol. The molecule has 2 aromatic heterocycles. The van der Waals surface area contributed by atoms with Crippen LogP contribution in [-0.2, 0) is 10.2 Å². The molecule has 0 aliphatic carbocycles. The minimum absolute atomic E-state index is 0.0680. The standard InChI is InChI=1S/C24H26N2O4/c1-23(2,3)30-22(28)26-13-11-15-17(10-12-25-21(15)26)24(4,5)18-14-29-19-9-7-6-8-16(19)20(18)27/h6-13,18H,14H2,1-5H3. The van der Waals surface area contributed by atoms with Gasteiger partial charge in [-0.2, -0.15) is 0 Å². The van der Waals surface area contributed by atoms with Crippen LogP contribution < -0.4 is 4.74 Å². The molecule has 3 aromatic rings. The zero-order valence-electron chi connectivity index (χ0n) is 17.9. The molecule has 0 spiro atoms. The van der Waals surface area contributed by atoms with Crippen LogP contribution in [0, 0.1) is 5.92 Å². The number of para-hydroxylation sites is 1. The Kier molecular flexibility index (Phi) is 4.68. The lowest BCUT2D eigenvalue weighted by Crippen LogP contribution is -2.41. The molecule has 0 fully saturated rings. The largest absolute Gasteiger partial charge is 0.492 e. The van der Waals surface area contributed by atoms with Crippen molar-refractivity contribution in [1.29, 1.82) is 0 Å². The van der Waals surface area contributed by atoms with E-state index in [-0.39, 0.29) is 11.7 Å². The number of Topliss-reactive ketones (excluding diaryl/α,β-unsaturated/α-hetero) is 1. The Balaban J connectivity index is 1.74. The van der Waals surface area contributed by atoms with Gasteiger partial charge in [0.25, 0.3) is 0 Å². The first-order valence-electron chi connectivity index (χ1n) is 10.1. The van der Waals surface area contributed by atoms with Gasteiger partial charge in [-0.05, 0) is 50.6 Å². The highest BCUT2D eigenvalue weighted by Gasteiger charge is 2.42. The minimum Gasteiger partial charge on any atom is -0.492 e. The van der Waals surface area contributed by atoms with Crippen LogP contribution >= 0.6 is 0 Å². The number of benzene rings is 1. The molecule has 0 saturated heterocycles. The van der Waals surface area contributed by atoms with Crippen LogP contribution in [0.1, 0.15) is 50.5 Å². The SMILES string of the molecule is CC(C)(C)OC(=O)n1ccc2c(C(C)(C)C3COc4ccccc4C3=O)ccnc21. The predicted molar refractivity (Wildman–Crippen MR) is 114 cm³/mol. The fourth-order valence-electron chi connectivity index (χ4n) is 4.01. The Bertz CT molecular complexity index is 1140. The summed E-state index contributed by atoms with van der Waals surface area (Å²) in [7, 11) is 0. The number of aromatic nitrogens is 2. The number of pyridine rings is 1. The summed E-state index contributed by atoms with van der Waals surface area (Å²) < 4.78 is 12.8. The van der Waals surface area contributed by atoms with E-state index >= 15 is 0 Å². The van der Waals surface area contributed by atoms with Crippen molar-refractivity contribution in [3.63, 3.8) is 0 Å². The molecule has 6 heteroatoms. The average Bonchev–Trinajstić information content (AvgIpc) is 3.11. The van der Waals surface area contributed by atoms with E-state index in [1.807, 2.05) is 65.0 Å². The second-order valence-corrected chi connectivity index (χ2v) is 9.21. The summed E-state index contributed by atoms with van der Waals surface area (Å²) in [5.41, 5.74) is 0.921. The first kappa shape index (κ1) is 20.1. The highest BCUT2D eigenvalue weighted by atomic mass is 16.6. The maximum atomic E-state index is 13.3. The van der Waals surface area contributed by atoms with Crippen molar-refractivity contribution >= 4 is 22.9 Å². The van der Waals surface area contributed by atoms with Crippen molar-refractivity contribution in [2.24, 2.45) is 5.92 Å². The molecule has 6 nitrogen and oxygen atoms in total. The molecular weight excluding hydrogens is 380 g/mol. The van der Waals surface area contributed by atoms with Gasteiger partial charge in [-0.25, -0.2) is 14.3 Å². The Labute approximate surface area is 175 Å². The molecule has 1 aliphatic heterocycles. The van der Waals surface area contributed by atoms with Crippen molar-refractivity contribution < 1.29 is 19.1 Å². The zero-order chi connectivity index (χ0) is 21.7. The highest BCUT2D eigenvalue weighted by Crippen LogP contribution is 2.41. The van der Waals surface area contributed by atoms with Crippen LogP contribution in [0.15, 0.2) is 48.8 Å². The van der Waals surface area contributed by atoms with E-state index in [0.717, 1.165) is 10.9 Å². The maximum Gasteiger partial charge on any atom is 0.420 e. The van der Waals surface area contributed by atoms with Gasteiger partial charge in [0, 0.05) is 23.2 Å². The van der Waals surface area contributed by atoms with E-state index in [0.29, 0.717) is 23.6 Å². The van der Waals surface area contributed by atoms with Crippen molar-refractivity contribution in [2.45, 2.75) is 45.6 Å². The van der Waals surface area contributed by atoms with Gasteiger partial charge in [0.15, 0.2) is 5.78 Å². The molecule has 1 aliphatic rings. The number of hydrogen-bond acceptors (Lipinski definition) is 5. The van der Waals surface area contributed by atoms with Gasteiger partial charge >= 0.3 is 6.09 Å². The van der Waals surface area contributed by atoms with Crippen LogP contribution in [0.3, 0.4) is 0 Å². The summed E-state index contributed by atoms with van der Waals surface area (Å²) in [6, 6.07) is 11.1. The molecule has 30 heavy (non-hydrogen) atoms. The van der Waals surface area contributed by atoms with E-state index in [9.17, 15) is 9.59 Å². The number of carbonyl (C=O) groups excluding carboxylic acids is 2. The zero-order valence-corrected chi connectivity index (χ0v) is 17.9. The van der Waals surface area contributed by atoms with E-state index in [4.69, 9.17) is 9.47 Å². The molecule has 0 amide bonds. The first-order valence-corrected chi connectivity index (χ1v) is 10.1. The fourth-order valence-corrected chi connectivity index (χ4v) is 4.01. The quantitative estimate of drug-likeness (QED) is 0.600. The van der Waals surface area contributed by atoms with Crippen LogP contribution in [-0.4, -0.2) is 33.6 Å². The van der Waals surface area contributed by atoms with Gasteiger partial charge in [0.2, 0.25) is 0 Å². The number of rotatable bonds is 2. The van der Waals surface area contributed by atoms with Crippen LogP contribution in [0.5, 0.6) is 5.75 Å². The first-order chi connectivity index (χ1) is 14.1. The second kappa shape index (κ2) is 6.97. The number of fused-ring (bicyclic) bond motifs is 2. The van der Waals surface area contributed by atoms with Gasteiger partial charge in [-0.1, -0.05) is 26.0 Å². The van der Waals surface area contributed by atoms with Crippen LogP contribution in [0.4, 0.5) is 4.79 Å². The van der Waals surface area contributed by atoms with Crippen molar-refractivity contribution in [3.05, 3.63) is 59.9 Å². The molecular formula is C24H26N2O4. The summed E-state index contributed by atoms with van der Waals surface area (Å²) >= 11 is 0. The predicted octanol–water partition coefficient (Wildman–Crippen LogP) is 4.99. The van der Waals surface area contributed by atoms with Gasteiger partial charge in [0.05, 0.1) is 18.1 Å². The third-order valence-corrected chi connectivity index (χ3v) is 5.62. The van der Waals surface area contributed by atoms with E-state index in [2.05, 4.69) is 4.98 Å². The monoisotopic (exact) mass is 406 g/mol. The Hall–Kier alpha value is -3.15. The lowest BCUT2D eigenvalue weighted by molar-refractivity contribution is 0.0543. The van der Waals surface area contributed by atoms with Crippen LogP contribution in [0.2, 0.25) is 0 Å². The molecule has 0 N–H and O–H groups in total. The summed E-state index contributed by atoms with van der Waals surface area (Å²) in [6.07, 6.45) is 2.85. The fraction of sp³-hybridized carbons (Fsp3) is 0.375. The number of ether oxygens (including phenoxy) is 2. The second-order valence-electron chi connectivity index (χ2n) is 9.21. The Morgan fingerprint density at radius 2 is 1.87 bits per heavy atom. The normalized spacial score (nSPS) is 16.8. The number of nitrogens with zero attached hydrogens (tertiary/aromatic N) is 2. The smallest absolute Gasteiger partial charge is 0.420 e. The molecule has 1 unspecified atom stereocenters. The highest BCUT2D eigenvalue weighted by molar-refractivity contribution is 6.02. The summed E-state index contributed by atoms with van der Waals surface area (Å²) in [6.45, 7) is 9.85.